The van der Waals surface area contributed by atoms with Crippen molar-refractivity contribution in [3.8, 4) is 0 Å². The molecule has 2 N–H and O–H groups in total. The van der Waals surface area contributed by atoms with Gasteiger partial charge in [-0.15, -0.1) is 0 Å². The first-order valence-electron chi connectivity index (χ1n) is 8.10. The summed E-state index contributed by atoms with van der Waals surface area (Å²) in [7, 11) is 0. The Labute approximate surface area is 132 Å². The monoisotopic (exact) mass is 305 g/mol. The normalized spacial score (nSPS) is 19.3. The van der Waals surface area contributed by atoms with E-state index in [4.69, 9.17) is 4.74 Å². The average Bonchev–Trinajstić information content (AvgIpc) is 2.47. The fourth-order valence-electron chi connectivity index (χ4n) is 3.08. The van der Waals surface area contributed by atoms with Crippen LogP contribution in [0.25, 0.3) is 0 Å². The third-order valence-electron chi connectivity index (χ3n) is 4.10. The van der Waals surface area contributed by atoms with Crippen LogP contribution in [0.2, 0.25) is 0 Å². The number of hydrogen-bond acceptors (Lipinski definition) is 3. The number of hydrogen-bond donors (Lipinski definition) is 2. The summed E-state index contributed by atoms with van der Waals surface area (Å²) in [6.07, 6.45) is 4.58. The van der Waals surface area contributed by atoms with E-state index in [0.717, 1.165) is 25.7 Å². The van der Waals surface area contributed by atoms with Gasteiger partial charge < -0.3 is 9.84 Å². The van der Waals surface area contributed by atoms with Crippen molar-refractivity contribution in [3.05, 3.63) is 35.9 Å². The van der Waals surface area contributed by atoms with Crippen LogP contribution in [0.3, 0.4) is 0 Å². The van der Waals surface area contributed by atoms with Gasteiger partial charge >= 0.3 is 6.09 Å². The number of amides is 1. The Morgan fingerprint density at radius 2 is 1.73 bits per heavy atom. The number of benzene rings is 1. The molecular weight excluding hydrogens is 278 g/mol. The molecule has 1 amide bonds. The molecule has 1 unspecified atom stereocenters. The minimum Gasteiger partial charge on any atom is -0.444 e. The zero-order valence-corrected chi connectivity index (χ0v) is 13.8. The quantitative estimate of drug-likeness (QED) is 0.832. The predicted octanol–water partition coefficient (Wildman–Crippen LogP) is 3.94. The Bertz CT molecular complexity index is 489. The molecule has 0 heterocycles. The molecule has 122 valence electrons. The summed E-state index contributed by atoms with van der Waals surface area (Å²) in [5, 5.41) is 14.0. The number of nitrogens with one attached hydrogen (secondary N) is 1. The van der Waals surface area contributed by atoms with Gasteiger partial charge in [-0.1, -0.05) is 49.6 Å². The number of carbonyl (C=O) groups is 1. The maximum Gasteiger partial charge on any atom is 0.410 e. The zero-order chi connectivity index (χ0) is 16.2. The van der Waals surface area contributed by atoms with Gasteiger partial charge in [0.25, 0.3) is 0 Å². The molecule has 0 aromatic heterocycles. The minimum atomic E-state index is -1.37. The first-order chi connectivity index (χ1) is 10.3. The predicted molar refractivity (Wildman–Crippen MR) is 86.3 cm³/mol. The van der Waals surface area contributed by atoms with Crippen molar-refractivity contribution < 1.29 is 14.6 Å². The minimum absolute atomic E-state index is 0.0103. The highest BCUT2D eigenvalue weighted by molar-refractivity contribution is 5.69. The van der Waals surface area contributed by atoms with E-state index in [2.05, 4.69) is 5.32 Å². The van der Waals surface area contributed by atoms with Crippen molar-refractivity contribution in [2.24, 2.45) is 5.92 Å². The standard InChI is InChI=1S/C18H27NO3/c1-17(2,3)22-16(20)19-18(21,14-10-6-4-7-11-14)15-12-8-5-9-13-15/h4,6-7,10-11,15,21H,5,8-9,12-13H2,1-3H3,(H,19,20). The molecule has 2 rings (SSSR count). The molecule has 1 aliphatic carbocycles. The molecule has 4 nitrogen and oxygen atoms in total. The maximum absolute atomic E-state index is 12.2. The SMILES string of the molecule is CC(C)(C)OC(=O)NC(O)(c1ccccc1)C1CCCCC1. The molecule has 1 aliphatic rings. The Kier molecular flexibility index (Phi) is 5.12. The smallest absolute Gasteiger partial charge is 0.410 e. The van der Waals surface area contributed by atoms with Gasteiger partial charge in [0.15, 0.2) is 5.72 Å². The van der Waals surface area contributed by atoms with Crippen LogP contribution in [-0.4, -0.2) is 16.8 Å². The molecule has 0 saturated heterocycles. The Hall–Kier alpha value is -1.55. The molecule has 1 atom stereocenters. The molecule has 1 aromatic carbocycles. The van der Waals surface area contributed by atoms with Crippen LogP contribution in [0, 0.1) is 5.92 Å². The molecule has 1 fully saturated rings. The van der Waals surface area contributed by atoms with Gasteiger partial charge in [0, 0.05) is 11.5 Å². The van der Waals surface area contributed by atoms with Crippen LogP contribution in [-0.2, 0) is 10.5 Å². The summed E-state index contributed by atoms with van der Waals surface area (Å²) >= 11 is 0. The average molecular weight is 305 g/mol. The Balaban J connectivity index is 2.23. The van der Waals surface area contributed by atoms with Crippen LogP contribution in [0.5, 0.6) is 0 Å². The molecule has 1 saturated carbocycles. The molecular formula is C18H27NO3. The molecule has 4 heteroatoms. The van der Waals surface area contributed by atoms with Gasteiger partial charge in [0.2, 0.25) is 0 Å². The van der Waals surface area contributed by atoms with E-state index in [9.17, 15) is 9.90 Å². The van der Waals surface area contributed by atoms with Crippen LogP contribution in [0.4, 0.5) is 4.79 Å². The van der Waals surface area contributed by atoms with Crippen LogP contribution in [0.15, 0.2) is 30.3 Å². The van der Waals surface area contributed by atoms with Crippen molar-refractivity contribution in [2.75, 3.05) is 0 Å². The zero-order valence-electron chi connectivity index (χ0n) is 13.8. The summed E-state index contributed by atoms with van der Waals surface area (Å²) < 4.78 is 5.34. The van der Waals surface area contributed by atoms with Gasteiger partial charge in [-0.2, -0.15) is 0 Å². The fraction of sp³-hybridized carbons (Fsp3) is 0.611. The topological polar surface area (TPSA) is 58.6 Å². The first kappa shape index (κ1) is 16.8. The number of rotatable bonds is 3. The summed E-state index contributed by atoms with van der Waals surface area (Å²) in [5.41, 5.74) is -1.24. The van der Waals surface area contributed by atoms with Gasteiger partial charge in [-0.05, 0) is 33.6 Å². The van der Waals surface area contributed by atoms with E-state index in [1.165, 1.54) is 6.42 Å². The molecule has 0 spiro atoms. The lowest BCUT2D eigenvalue weighted by molar-refractivity contribution is -0.0717. The summed E-state index contributed by atoms with van der Waals surface area (Å²) in [5.74, 6) is 0.0103. The van der Waals surface area contributed by atoms with Gasteiger partial charge in [-0.3, -0.25) is 5.32 Å². The first-order valence-corrected chi connectivity index (χ1v) is 8.10. The number of alkyl carbamates (subject to hydrolysis) is 1. The second kappa shape index (κ2) is 6.69. The molecule has 0 aliphatic heterocycles. The summed E-state index contributed by atoms with van der Waals surface area (Å²) in [4.78, 5) is 12.2. The summed E-state index contributed by atoms with van der Waals surface area (Å²) in [6.45, 7) is 5.44. The second-order valence-electron chi connectivity index (χ2n) is 7.09. The highest BCUT2D eigenvalue weighted by Gasteiger charge is 2.41. The van der Waals surface area contributed by atoms with Crippen molar-refractivity contribution in [2.45, 2.75) is 64.2 Å². The lowest BCUT2D eigenvalue weighted by Gasteiger charge is -2.39. The summed E-state index contributed by atoms with van der Waals surface area (Å²) in [6, 6.07) is 9.36. The van der Waals surface area contributed by atoms with Crippen LogP contribution < -0.4 is 5.32 Å². The van der Waals surface area contributed by atoms with Crippen LogP contribution >= 0.6 is 0 Å². The van der Waals surface area contributed by atoms with Gasteiger partial charge in [0.05, 0.1) is 0 Å². The third-order valence-corrected chi connectivity index (χ3v) is 4.10. The van der Waals surface area contributed by atoms with E-state index in [0.29, 0.717) is 5.56 Å². The number of ether oxygens (including phenoxy) is 1. The molecule has 0 bridgehead atoms. The molecule has 22 heavy (non-hydrogen) atoms. The van der Waals surface area contributed by atoms with Gasteiger partial charge in [-0.25, -0.2) is 4.79 Å². The second-order valence-corrected chi connectivity index (χ2v) is 7.09. The van der Waals surface area contributed by atoms with Crippen molar-refractivity contribution >= 4 is 6.09 Å². The molecule has 0 radical (unpaired) electrons. The van der Waals surface area contributed by atoms with E-state index >= 15 is 0 Å². The van der Waals surface area contributed by atoms with E-state index in [1.807, 2.05) is 51.1 Å². The lowest BCUT2D eigenvalue weighted by Crippen LogP contribution is -2.53. The highest BCUT2D eigenvalue weighted by Crippen LogP contribution is 2.37. The molecule has 1 aromatic rings. The largest absolute Gasteiger partial charge is 0.444 e. The fourth-order valence-corrected chi connectivity index (χ4v) is 3.08. The Morgan fingerprint density at radius 1 is 1.14 bits per heavy atom. The number of carbonyl (C=O) groups excluding carboxylic acids is 1. The number of aliphatic hydroxyl groups is 1. The van der Waals surface area contributed by atoms with Crippen LogP contribution in [0.1, 0.15) is 58.4 Å². The highest BCUT2D eigenvalue weighted by atomic mass is 16.6. The maximum atomic E-state index is 12.2. The van der Waals surface area contributed by atoms with E-state index < -0.39 is 17.4 Å². The van der Waals surface area contributed by atoms with Crippen molar-refractivity contribution in [3.63, 3.8) is 0 Å². The Morgan fingerprint density at radius 3 is 2.27 bits per heavy atom. The lowest BCUT2D eigenvalue weighted by atomic mass is 9.78. The van der Waals surface area contributed by atoms with Gasteiger partial charge in [0.1, 0.15) is 5.60 Å². The van der Waals surface area contributed by atoms with Crippen molar-refractivity contribution in [1.82, 2.24) is 5.32 Å². The van der Waals surface area contributed by atoms with Crippen molar-refractivity contribution in [1.29, 1.82) is 0 Å². The van der Waals surface area contributed by atoms with E-state index in [1.54, 1.807) is 0 Å². The van der Waals surface area contributed by atoms with E-state index in [-0.39, 0.29) is 5.92 Å². The third kappa shape index (κ3) is 4.23.